The first-order valence-corrected chi connectivity index (χ1v) is 8.39. The van der Waals surface area contributed by atoms with Gasteiger partial charge in [0.1, 0.15) is 29.9 Å². The average molecular weight is 360 g/mol. The molecule has 0 unspecified atom stereocenters. The molecule has 9 heteroatoms. The maximum absolute atomic E-state index is 14.5. The Morgan fingerprint density at radius 1 is 1.35 bits per heavy atom. The van der Waals surface area contributed by atoms with Gasteiger partial charge in [0.2, 0.25) is 0 Å². The molecule has 0 amide bonds. The number of halogens is 2. The summed E-state index contributed by atoms with van der Waals surface area (Å²) in [6, 6.07) is 2.45. The maximum Gasteiger partial charge on any atom is 0.137 e. The SMILES string of the molecule is C[C@@H](n1cc(C2CC2)nn1)[C@](O)(Cn1cncn1)c1ccc(F)cc1F. The van der Waals surface area contributed by atoms with Crippen LogP contribution in [0, 0.1) is 11.6 Å². The Morgan fingerprint density at radius 3 is 2.81 bits per heavy atom. The number of hydrogen-bond acceptors (Lipinski definition) is 5. The van der Waals surface area contributed by atoms with E-state index >= 15 is 0 Å². The van der Waals surface area contributed by atoms with Crippen molar-refractivity contribution < 1.29 is 13.9 Å². The van der Waals surface area contributed by atoms with E-state index < -0.39 is 23.3 Å². The van der Waals surface area contributed by atoms with Crippen molar-refractivity contribution in [3.05, 3.63) is 59.9 Å². The van der Waals surface area contributed by atoms with Gasteiger partial charge in [-0.05, 0) is 25.8 Å². The van der Waals surface area contributed by atoms with Gasteiger partial charge in [0.15, 0.2) is 0 Å². The second-order valence-corrected chi connectivity index (χ2v) is 6.72. The van der Waals surface area contributed by atoms with Crippen molar-refractivity contribution >= 4 is 0 Å². The average Bonchev–Trinajstić information content (AvgIpc) is 3.12. The lowest BCUT2D eigenvalue weighted by Gasteiger charge is -2.34. The number of aromatic nitrogens is 6. The van der Waals surface area contributed by atoms with E-state index in [4.69, 9.17) is 0 Å². The zero-order chi connectivity index (χ0) is 18.3. The molecule has 1 fully saturated rings. The molecule has 7 nitrogen and oxygen atoms in total. The van der Waals surface area contributed by atoms with Crippen molar-refractivity contribution in [1.82, 2.24) is 29.8 Å². The molecule has 1 N–H and O–H groups in total. The maximum atomic E-state index is 14.5. The Balaban J connectivity index is 1.75. The van der Waals surface area contributed by atoms with Crippen molar-refractivity contribution in [3.8, 4) is 0 Å². The van der Waals surface area contributed by atoms with Crippen molar-refractivity contribution in [2.75, 3.05) is 0 Å². The van der Waals surface area contributed by atoms with Gasteiger partial charge < -0.3 is 5.11 Å². The van der Waals surface area contributed by atoms with Crippen LogP contribution in [0.4, 0.5) is 8.78 Å². The summed E-state index contributed by atoms with van der Waals surface area (Å²) >= 11 is 0. The summed E-state index contributed by atoms with van der Waals surface area (Å²) in [5.41, 5.74) is -0.912. The lowest BCUT2D eigenvalue weighted by molar-refractivity contribution is -0.0374. The molecule has 0 saturated heterocycles. The second kappa shape index (κ2) is 6.24. The van der Waals surface area contributed by atoms with E-state index in [2.05, 4.69) is 20.4 Å². The predicted octanol–water partition coefficient (Wildman–Crippen LogP) is 2.17. The van der Waals surface area contributed by atoms with Crippen LogP contribution in [0.2, 0.25) is 0 Å². The summed E-state index contributed by atoms with van der Waals surface area (Å²) in [6.45, 7) is 1.64. The Labute approximate surface area is 148 Å². The van der Waals surface area contributed by atoms with Crippen LogP contribution in [0.3, 0.4) is 0 Å². The van der Waals surface area contributed by atoms with E-state index in [0.717, 1.165) is 30.7 Å². The van der Waals surface area contributed by atoms with E-state index in [0.29, 0.717) is 5.92 Å². The van der Waals surface area contributed by atoms with Gasteiger partial charge in [0.05, 0.1) is 18.3 Å². The molecule has 0 bridgehead atoms. The van der Waals surface area contributed by atoms with Gasteiger partial charge in [-0.2, -0.15) is 5.10 Å². The standard InChI is InChI=1S/C17H18F2N6O/c1-11(25-7-16(22-23-25)12-2-3-12)17(26,8-24-10-20-9-21-24)14-5-4-13(18)6-15(14)19/h4-7,9-12,26H,2-3,8H2,1H3/t11-,17-/m1/s1. The van der Waals surface area contributed by atoms with E-state index in [1.807, 2.05) is 0 Å². The third-order valence-electron chi connectivity index (χ3n) is 4.88. The Bertz CT molecular complexity index is 908. The lowest BCUT2D eigenvalue weighted by atomic mass is 9.86. The van der Waals surface area contributed by atoms with Crippen LogP contribution in [-0.2, 0) is 12.1 Å². The number of aliphatic hydroxyl groups is 1. The van der Waals surface area contributed by atoms with E-state index in [1.165, 1.54) is 28.1 Å². The zero-order valence-electron chi connectivity index (χ0n) is 14.1. The molecule has 1 aromatic carbocycles. The Hall–Kier alpha value is -2.68. The summed E-state index contributed by atoms with van der Waals surface area (Å²) in [7, 11) is 0. The Morgan fingerprint density at radius 2 is 2.15 bits per heavy atom. The molecule has 1 aliphatic carbocycles. The number of rotatable bonds is 6. The highest BCUT2D eigenvalue weighted by Gasteiger charge is 2.41. The zero-order valence-corrected chi connectivity index (χ0v) is 14.1. The first-order valence-electron chi connectivity index (χ1n) is 8.39. The summed E-state index contributed by atoms with van der Waals surface area (Å²) in [6.07, 6.45) is 6.67. The fourth-order valence-electron chi connectivity index (χ4n) is 3.11. The first-order chi connectivity index (χ1) is 12.5. The first kappa shape index (κ1) is 16.8. The minimum absolute atomic E-state index is 0.0367. The minimum Gasteiger partial charge on any atom is -0.381 e. The van der Waals surface area contributed by atoms with E-state index in [1.54, 1.807) is 13.1 Å². The van der Waals surface area contributed by atoms with Crippen molar-refractivity contribution in [2.45, 2.75) is 43.9 Å². The lowest BCUT2D eigenvalue weighted by Crippen LogP contribution is -2.41. The van der Waals surface area contributed by atoms with Crippen LogP contribution in [0.1, 0.15) is 43.0 Å². The quantitative estimate of drug-likeness (QED) is 0.729. The highest BCUT2D eigenvalue weighted by atomic mass is 19.1. The normalized spacial score (nSPS) is 17.8. The molecule has 0 aliphatic heterocycles. The fourth-order valence-corrected chi connectivity index (χ4v) is 3.11. The fraction of sp³-hybridized carbons (Fsp3) is 0.412. The second-order valence-electron chi connectivity index (χ2n) is 6.72. The van der Waals surface area contributed by atoms with Crippen LogP contribution in [-0.4, -0.2) is 34.9 Å². The third kappa shape index (κ3) is 2.98. The van der Waals surface area contributed by atoms with Gasteiger partial charge in [0, 0.05) is 23.7 Å². The van der Waals surface area contributed by atoms with E-state index in [9.17, 15) is 13.9 Å². The highest BCUT2D eigenvalue weighted by molar-refractivity contribution is 5.26. The molecule has 2 atom stereocenters. The van der Waals surface area contributed by atoms with Gasteiger partial charge in [-0.3, -0.25) is 0 Å². The van der Waals surface area contributed by atoms with Gasteiger partial charge in [-0.15, -0.1) is 5.10 Å². The van der Waals surface area contributed by atoms with Gasteiger partial charge >= 0.3 is 0 Å². The summed E-state index contributed by atoms with van der Waals surface area (Å²) in [5, 5.41) is 23.7. The molecule has 1 aliphatic rings. The molecule has 0 radical (unpaired) electrons. The molecule has 0 spiro atoms. The monoisotopic (exact) mass is 360 g/mol. The van der Waals surface area contributed by atoms with Crippen molar-refractivity contribution in [3.63, 3.8) is 0 Å². The van der Waals surface area contributed by atoms with Crippen molar-refractivity contribution in [2.24, 2.45) is 0 Å². The number of hydrogen-bond donors (Lipinski definition) is 1. The highest BCUT2D eigenvalue weighted by Crippen LogP contribution is 2.40. The molecule has 2 aromatic heterocycles. The number of nitrogens with zero attached hydrogens (tertiary/aromatic N) is 6. The Kier molecular flexibility index (Phi) is 4.03. The molecule has 1 saturated carbocycles. The van der Waals surface area contributed by atoms with Crippen LogP contribution >= 0.6 is 0 Å². The largest absolute Gasteiger partial charge is 0.381 e. The van der Waals surface area contributed by atoms with Gasteiger partial charge in [0.25, 0.3) is 0 Å². The van der Waals surface area contributed by atoms with Crippen LogP contribution in [0.15, 0.2) is 37.1 Å². The van der Waals surface area contributed by atoms with Crippen molar-refractivity contribution in [1.29, 1.82) is 0 Å². The molecule has 4 rings (SSSR count). The number of benzene rings is 1. The van der Waals surface area contributed by atoms with Crippen LogP contribution in [0.25, 0.3) is 0 Å². The van der Waals surface area contributed by atoms with E-state index in [-0.39, 0.29) is 12.1 Å². The summed E-state index contributed by atoms with van der Waals surface area (Å²) in [4.78, 5) is 3.86. The third-order valence-corrected chi connectivity index (χ3v) is 4.88. The summed E-state index contributed by atoms with van der Waals surface area (Å²) < 4.78 is 30.8. The molecule has 26 heavy (non-hydrogen) atoms. The summed E-state index contributed by atoms with van der Waals surface area (Å²) in [5.74, 6) is -1.14. The minimum atomic E-state index is -1.74. The van der Waals surface area contributed by atoms with Gasteiger partial charge in [-0.1, -0.05) is 11.3 Å². The molecule has 3 aromatic rings. The van der Waals surface area contributed by atoms with Crippen LogP contribution < -0.4 is 0 Å². The molecule has 2 heterocycles. The van der Waals surface area contributed by atoms with Gasteiger partial charge in [-0.25, -0.2) is 23.1 Å². The van der Waals surface area contributed by atoms with Crippen LogP contribution in [0.5, 0.6) is 0 Å². The molecule has 136 valence electrons. The molecular formula is C17H18F2N6O. The smallest absolute Gasteiger partial charge is 0.137 e. The predicted molar refractivity (Wildman–Crippen MR) is 87.0 cm³/mol. The topological polar surface area (TPSA) is 81.6 Å². The molecular weight excluding hydrogens is 342 g/mol.